The molecule has 5 nitrogen and oxygen atoms in total. The molecule has 0 aromatic heterocycles. The number of rotatable bonds is 3. The maximum Gasteiger partial charge on any atom is 0.334 e. The molecule has 1 atom stereocenters. The number of ether oxygens (including phenoxy) is 1. The lowest BCUT2D eigenvalue weighted by atomic mass is 10.1. The van der Waals surface area contributed by atoms with E-state index in [1.54, 1.807) is 0 Å². The number of carbonyl (C=O) groups is 1. The van der Waals surface area contributed by atoms with E-state index in [4.69, 9.17) is 4.74 Å². The van der Waals surface area contributed by atoms with E-state index in [0.717, 1.165) is 11.8 Å². The van der Waals surface area contributed by atoms with Gasteiger partial charge in [0.05, 0.1) is 6.26 Å². The predicted molar refractivity (Wildman–Crippen MR) is 53.7 cm³/mol. The SMILES string of the molecule is CC(C)=C1CC(COS(C)(=O)=O)OC1=O. The van der Waals surface area contributed by atoms with Gasteiger partial charge < -0.3 is 4.74 Å². The Balaban J connectivity index is 2.57. The van der Waals surface area contributed by atoms with Crippen molar-refractivity contribution in [3.05, 3.63) is 11.1 Å². The fourth-order valence-corrected chi connectivity index (χ4v) is 1.67. The predicted octanol–water partition coefficient (Wildman–Crippen LogP) is 0.615. The average Bonchev–Trinajstić information content (AvgIpc) is 2.42. The maximum atomic E-state index is 11.3. The van der Waals surface area contributed by atoms with Gasteiger partial charge in [0.25, 0.3) is 10.1 Å². The molecule has 0 bridgehead atoms. The van der Waals surface area contributed by atoms with E-state index in [0.29, 0.717) is 12.0 Å². The summed E-state index contributed by atoms with van der Waals surface area (Å²) in [6.07, 6.45) is 0.888. The third-order valence-electron chi connectivity index (χ3n) is 2.02. The Morgan fingerprint density at radius 1 is 1.53 bits per heavy atom. The summed E-state index contributed by atoms with van der Waals surface area (Å²) in [5, 5.41) is 0. The minimum absolute atomic E-state index is 0.110. The highest BCUT2D eigenvalue weighted by atomic mass is 32.2. The highest BCUT2D eigenvalue weighted by molar-refractivity contribution is 7.85. The van der Waals surface area contributed by atoms with Gasteiger partial charge in [0.15, 0.2) is 0 Å². The molecule has 86 valence electrons. The summed E-state index contributed by atoms with van der Waals surface area (Å²) in [4.78, 5) is 11.3. The van der Waals surface area contributed by atoms with Crippen LogP contribution in [0.4, 0.5) is 0 Å². The molecule has 0 aromatic carbocycles. The lowest BCUT2D eigenvalue weighted by Gasteiger charge is -2.06. The lowest BCUT2D eigenvalue weighted by Crippen LogP contribution is -2.17. The number of allylic oxidation sites excluding steroid dienone is 1. The zero-order valence-corrected chi connectivity index (χ0v) is 9.76. The van der Waals surface area contributed by atoms with Crippen LogP contribution in [-0.2, 0) is 23.8 Å². The van der Waals surface area contributed by atoms with E-state index in [2.05, 4.69) is 4.18 Å². The molecule has 0 aliphatic carbocycles. The fraction of sp³-hybridized carbons (Fsp3) is 0.667. The molecule has 1 aliphatic rings. The molecule has 1 saturated heterocycles. The van der Waals surface area contributed by atoms with Gasteiger partial charge in [0, 0.05) is 12.0 Å². The maximum absolute atomic E-state index is 11.3. The smallest absolute Gasteiger partial charge is 0.334 e. The van der Waals surface area contributed by atoms with Crippen molar-refractivity contribution in [2.24, 2.45) is 0 Å². The topological polar surface area (TPSA) is 69.7 Å². The van der Waals surface area contributed by atoms with Crippen LogP contribution in [0.1, 0.15) is 20.3 Å². The molecule has 1 aliphatic heterocycles. The molecule has 0 spiro atoms. The summed E-state index contributed by atoms with van der Waals surface area (Å²) in [7, 11) is -3.47. The normalized spacial score (nSPS) is 21.7. The van der Waals surface area contributed by atoms with E-state index in [9.17, 15) is 13.2 Å². The van der Waals surface area contributed by atoms with Crippen molar-refractivity contribution in [2.75, 3.05) is 12.9 Å². The molecule has 0 saturated carbocycles. The van der Waals surface area contributed by atoms with Gasteiger partial charge in [0.2, 0.25) is 0 Å². The van der Waals surface area contributed by atoms with E-state index in [1.807, 2.05) is 13.8 Å². The van der Waals surface area contributed by atoms with Crippen LogP contribution >= 0.6 is 0 Å². The van der Waals surface area contributed by atoms with Crippen molar-refractivity contribution in [2.45, 2.75) is 26.4 Å². The second kappa shape index (κ2) is 4.32. The van der Waals surface area contributed by atoms with Gasteiger partial charge in [-0.15, -0.1) is 0 Å². The summed E-state index contributed by atoms with van der Waals surface area (Å²) in [5.74, 6) is -0.378. The van der Waals surface area contributed by atoms with Crippen LogP contribution in [0.3, 0.4) is 0 Å². The minimum atomic E-state index is -3.47. The van der Waals surface area contributed by atoms with Gasteiger partial charge in [-0.2, -0.15) is 8.42 Å². The number of esters is 1. The summed E-state index contributed by atoms with van der Waals surface area (Å²) >= 11 is 0. The first kappa shape index (κ1) is 12.2. The van der Waals surface area contributed by atoms with Crippen LogP contribution in [-0.4, -0.2) is 33.4 Å². The standard InChI is InChI=1S/C9H14O5S/c1-6(2)8-4-7(14-9(8)10)5-13-15(3,11)12/h7H,4-5H2,1-3H3. The molecule has 0 radical (unpaired) electrons. The number of hydrogen-bond donors (Lipinski definition) is 0. The van der Waals surface area contributed by atoms with E-state index >= 15 is 0 Å². The molecule has 1 unspecified atom stereocenters. The molecule has 6 heteroatoms. The van der Waals surface area contributed by atoms with Crippen molar-refractivity contribution in [1.82, 2.24) is 0 Å². The van der Waals surface area contributed by atoms with Crippen LogP contribution in [0.15, 0.2) is 11.1 Å². The highest BCUT2D eigenvalue weighted by Gasteiger charge is 2.30. The molecular weight excluding hydrogens is 220 g/mol. The average molecular weight is 234 g/mol. The molecule has 1 fully saturated rings. The summed E-state index contributed by atoms with van der Waals surface area (Å²) in [6, 6.07) is 0. The van der Waals surface area contributed by atoms with Gasteiger partial charge in [-0.1, -0.05) is 5.57 Å². The Morgan fingerprint density at radius 2 is 2.13 bits per heavy atom. The second-order valence-electron chi connectivity index (χ2n) is 3.70. The number of hydrogen-bond acceptors (Lipinski definition) is 5. The van der Waals surface area contributed by atoms with Crippen LogP contribution < -0.4 is 0 Å². The Kier molecular flexibility index (Phi) is 3.51. The first-order chi connectivity index (χ1) is 6.79. The molecule has 1 rings (SSSR count). The molecule has 15 heavy (non-hydrogen) atoms. The highest BCUT2D eigenvalue weighted by Crippen LogP contribution is 2.23. The Labute approximate surface area is 89.2 Å². The quantitative estimate of drug-likeness (QED) is 0.406. The van der Waals surface area contributed by atoms with Gasteiger partial charge in [-0.25, -0.2) is 4.79 Å². The summed E-state index contributed by atoms with van der Waals surface area (Å²) < 4.78 is 30.9. The van der Waals surface area contributed by atoms with Gasteiger partial charge in [-0.05, 0) is 13.8 Å². The fourth-order valence-electron chi connectivity index (χ4n) is 1.28. The van der Waals surface area contributed by atoms with Crippen LogP contribution in [0.5, 0.6) is 0 Å². The molecule has 0 amide bonds. The zero-order valence-electron chi connectivity index (χ0n) is 8.94. The van der Waals surface area contributed by atoms with E-state index in [1.165, 1.54) is 0 Å². The van der Waals surface area contributed by atoms with Crippen LogP contribution in [0, 0.1) is 0 Å². The lowest BCUT2D eigenvalue weighted by molar-refractivity contribution is -0.139. The van der Waals surface area contributed by atoms with Crippen molar-refractivity contribution in [3.63, 3.8) is 0 Å². The molecule has 0 N–H and O–H groups in total. The van der Waals surface area contributed by atoms with Crippen LogP contribution in [0.2, 0.25) is 0 Å². The molecule has 1 heterocycles. The second-order valence-corrected chi connectivity index (χ2v) is 5.34. The van der Waals surface area contributed by atoms with Crippen molar-refractivity contribution < 1.29 is 22.1 Å². The van der Waals surface area contributed by atoms with Crippen molar-refractivity contribution >= 4 is 16.1 Å². The third-order valence-corrected chi connectivity index (χ3v) is 2.59. The third kappa shape index (κ3) is 3.64. The first-order valence-electron chi connectivity index (χ1n) is 4.51. The molecule has 0 aromatic rings. The minimum Gasteiger partial charge on any atom is -0.456 e. The monoisotopic (exact) mass is 234 g/mol. The summed E-state index contributed by atoms with van der Waals surface area (Å²) in [6.45, 7) is 3.52. The van der Waals surface area contributed by atoms with Crippen molar-refractivity contribution in [3.8, 4) is 0 Å². The van der Waals surface area contributed by atoms with Crippen LogP contribution in [0.25, 0.3) is 0 Å². The van der Waals surface area contributed by atoms with Crippen molar-refractivity contribution in [1.29, 1.82) is 0 Å². The Bertz CT molecular complexity index is 389. The number of cyclic esters (lactones) is 1. The van der Waals surface area contributed by atoms with E-state index in [-0.39, 0.29) is 12.6 Å². The first-order valence-corrected chi connectivity index (χ1v) is 6.33. The Hall–Kier alpha value is -0.880. The Morgan fingerprint density at radius 3 is 2.53 bits per heavy atom. The van der Waals surface area contributed by atoms with E-state index < -0.39 is 16.2 Å². The molecular formula is C9H14O5S. The van der Waals surface area contributed by atoms with Gasteiger partial charge >= 0.3 is 5.97 Å². The van der Waals surface area contributed by atoms with Gasteiger partial charge in [-0.3, -0.25) is 4.18 Å². The largest absolute Gasteiger partial charge is 0.456 e. The number of carbonyl (C=O) groups excluding carboxylic acids is 1. The summed E-state index contributed by atoms with van der Waals surface area (Å²) in [5.41, 5.74) is 1.50. The zero-order chi connectivity index (χ0) is 11.6. The van der Waals surface area contributed by atoms with Gasteiger partial charge in [0.1, 0.15) is 12.7 Å².